The number of ether oxygens (including phenoxy) is 1. The molecule has 8 heteroatoms. The van der Waals surface area contributed by atoms with Crippen LogP contribution in [0.2, 0.25) is 0 Å². The van der Waals surface area contributed by atoms with Crippen LogP contribution in [0.1, 0.15) is 19.5 Å². The van der Waals surface area contributed by atoms with Crippen LogP contribution in [0.5, 0.6) is 5.75 Å². The molecular weight excluding hydrogens is 327 g/mol. The first-order chi connectivity index (χ1) is 10.5. The molecule has 1 aromatic carbocycles. The standard InChI is InChI=1S/C14H16ClFN4OS/c1-8(2)21-9-4-5-12-10(6-9)14(19-20(12)22-16)11(17)7-13(15)18-3/h4-8H,17H2,1-3H3. The molecule has 1 heterocycles. The smallest absolute Gasteiger partial charge is 0.188 e. The van der Waals surface area contributed by atoms with Gasteiger partial charge in [0.05, 0.1) is 17.3 Å². The van der Waals surface area contributed by atoms with Gasteiger partial charge in [-0.2, -0.15) is 9.19 Å². The number of benzene rings is 1. The zero-order chi connectivity index (χ0) is 16.3. The number of allylic oxidation sites excluding steroid dienone is 1. The lowest BCUT2D eigenvalue weighted by Crippen LogP contribution is -2.05. The van der Waals surface area contributed by atoms with Gasteiger partial charge >= 0.3 is 0 Å². The molecule has 1 aromatic heterocycles. The van der Waals surface area contributed by atoms with E-state index in [0.29, 0.717) is 28.0 Å². The minimum atomic E-state index is -0.000338. The number of halogens is 2. The molecule has 0 fully saturated rings. The minimum absolute atomic E-state index is 0.000338. The summed E-state index contributed by atoms with van der Waals surface area (Å²) >= 11 is 5.86. The van der Waals surface area contributed by atoms with Gasteiger partial charge in [0.15, 0.2) is 12.3 Å². The topological polar surface area (TPSA) is 65.4 Å². The summed E-state index contributed by atoms with van der Waals surface area (Å²) in [5.74, 6) is 0.662. The molecule has 0 radical (unpaired) electrons. The lowest BCUT2D eigenvalue weighted by molar-refractivity contribution is 0.243. The van der Waals surface area contributed by atoms with Crippen molar-refractivity contribution in [2.75, 3.05) is 7.05 Å². The number of hydrogen-bond acceptors (Lipinski definition) is 5. The lowest BCUT2D eigenvalue weighted by atomic mass is 10.1. The molecule has 0 aliphatic rings. The highest BCUT2D eigenvalue weighted by Crippen LogP contribution is 2.29. The Bertz CT molecular complexity index is 742. The number of nitrogens with two attached hydrogens (primary N) is 1. The third-order valence-electron chi connectivity index (χ3n) is 2.82. The first-order valence-corrected chi connectivity index (χ1v) is 7.59. The van der Waals surface area contributed by atoms with E-state index in [0.717, 1.165) is 4.09 Å². The van der Waals surface area contributed by atoms with Gasteiger partial charge in [-0.1, -0.05) is 11.6 Å². The summed E-state index contributed by atoms with van der Waals surface area (Å²) in [5.41, 5.74) is 7.33. The lowest BCUT2D eigenvalue weighted by Gasteiger charge is -2.09. The molecule has 2 N–H and O–H groups in total. The summed E-state index contributed by atoms with van der Waals surface area (Å²) in [6.45, 7) is 3.86. The van der Waals surface area contributed by atoms with Crippen LogP contribution in [0.4, 0.5) is 3.89 Å². The van der Waals surface area contributed by atoms with Crippen LogP contribution in [0.15, 0.2) is 29.3 Å². The molecule has 0 spiro atoms. The SMILES string of the molecule is CN=C(Cl)C=C(N)c1nn(SF)c2ccc(OC(C)C)cc12. The summed E-state index contributed by atoms with van der Waals surface area (Å²) in [6, 6.07) is 5.28. The van der Waals surface area contributed by atoms with Crippen molar-refractivity contribution in [1.29, 1.82) is 0 Å². The third kappa shape index (κ3) is 3.53. The molecule has 0 amide bonds. The first-order valence-electron chi connectivity index (χ1n) is 6.54. The molecule has 0 bridgehead atoms. The fourth-order valence-electron chi connectivity index (χ4n) is 1.94. The van der Waals surface area contributed by atoms with Crippen molar-refractivity contribution in [2.24, 2.45) is 10.7 Å². The van der Waals surface area contributed by atoms with Gasteiger partial charge in [0.1, 0.15) is 16.6 Å². The van der Waals surface area contributed by atoms with Crippen LogP contribution < -0.4 is 10.5 Å². The molecule has 2 aromatic rings. The summed E-state index contributed by atoms with van der Waals surface area (Å²) < 4.78 is 19.9. The van der Waals surface area contributed by atoms with Gasteiger partial charge in [-0.3, -0.25) is 4.99 Å². The van der Waals surface area contributed by atoms with Gasteiger partial charge < -0.3 is 10.5 Å². The van der Waals surface area contributed by atoms with Crippen molar-refractivity contribution >= 4 is 45.7 Å². The fraction of sp³-hybridized carbons (Fsp3) is 0.286. The quantitative estimate of drug-likeness (QED) is 0.840. The van der Waals surface area contributed by atoms with Gasteiger partial charge in [-0.25, -0.2) is 0 Å². The summed E-state index contributed by atoms with van der Waals surface area (Å²) in [4.78, 5) is 3.81. The van der Waals surface area contributed by atoms with Gasteiger partial charge in [-0.15, -0.1) is 3.89 Å². The highest BCUT2D eigenvalue weighted by atomic mass is 35.5. The molecule has 0 saturated carbocycles. The maximum Gasteiger partial charge on any atom is 0.188 e. The van der Waals surface area contributed by atoms with E-state index in [1.807, 2.05) is 13.8 Å². The summed E-state index contributed by atoms with van der Waals surface area (Å²) in [7, 11) is 1.55. The Morgan fingerprint density at radius 3 is 2.86 bits per heavy atom. The van der Waals surface area contributed by atoms with Crippen LogP contribution in [-0.4, -0.2) is 27.5 Å². The average Bonchev–Trinajstić information content (AvgIpc) is 2.84. The zero-order valence-corrected chi connectivity index (χ0v) is 14.0. The number of aliphatic imine (C=N–C) groups is 1. The van der Waals surface area contributed by atoms with Crippen molar-refractivity contribution in [2.45, 2.75) is 20.0 Å². The van der Waals surface area contributed by atoms with Crippen LogP contribution in [-0.2, 0) is 0 Å². The van der Waals surface area contributed by atoms with E-state index < -0.39 is 0 Å². The number of hydrogen-bond donors (Lipinski definition) is 1. The van der Waals surface area contributed by atoms with E-state index >= 15 is 0 Å². The fourth-order valence-corrected chi connectivity index (χ4v) is 2.41. The van der Waals surface area contributed by atoms with E-state index in [2.05, 4.69) is 10.1 Å². The van der Waals surface area contributed by atoms with E-state index in [4.69, 9.17) is 22.1 Å². The van der Waals surface area contributed by atoms with Crippen LogP contribution in [0.25, 0.3) is 16.6 Å². The Balaban J connectivity index is 2.59. The van der Waals surface area contributed by atoms with E-state index in [1.165, 1.54) is 6.08 Å². The highest BCUT2D eigenvalue weighted by Gasteiger charge is 2.15. The second kappa shape index (κ2) is 7.02. The maximum atomic E-state index is 13.0. The molecule has 118 valence electrons. The molecule has 0 aliphatic heterocycles. The molecule has 2 rings (SSSR count). The van der Waals surface area contributed by atoms with Gasteiger partial charge in [0.25, 0.3) is 0 Å². The van der Waals surface area contributed by atoms with Crippen LogP contribution in [0.3, 0.4) is 0 Å². The van der Waals surface area contributed by atoms with Crippen molar-refractivity contribution in [3.05, 3.63) is 30.0 Å². The Morgan fingerprint density at radius 1 is 1.55 bits per heavy atom. The van der Waals surface area contributed by atoms with E-state index in [9.17, 15) is 3.89 Å². The Labute approximate surface area is 137 Å². The van der Waals surface area contributed by atoms with Crippen LogP contribution >= 0.6 is 23.9 Å². The first kappa shape index (κ1) is 16.6. The predicted molar refractivity (Wildman–Crippen MR) is 91.0 cm³/mol. The number of nitrogens with zero attached hydrogens (tertiary/aromatic N) is 3. The molecule has 0 atom stereocenters. The Kier molecular flexibility index (Phi) is 5.31. The normalized spacial score (nSPS) is 13.2. The van der Waals surface area contributed by atoms with Crippen molar-refractivity contribution in [3.63, 3.8) is 0 Å². The second-order valence-electron chi connectivity index (χ2n) is 4.78. The van der Waals surface area contributed by atoms with E-state index in [1.54, 1.807) is 25.2 Å². The molecular formula is C14H16ClFN4OS. The largest absolute Gasteiger partial charge is 0.491 e. The molecule has 22 heavy (non-hydrogen) atoms. The summed E-state index contributed by atoms with van der Waals surface area (Å²) in [6.07, 6.45) is 1.51. The van der Waals surface area contributed by atoms with Crippen molar-refractivity contribution in [3.8, 4) is 5.75 Å². The van der Waals surface area contributed by atoms with Crippen LogP contribution in [0, 0.1) is 0 Å². The maximum absolute atomic E-state index is 13.0. The molecule has 5 nitrogen and oxygen atoms in total. The predicted octanol–water partition coefficient (Wildman–Crippen LogP) is 3.77. The summed E-state index contributed by atoms with van der Waals surface area (Å²) in [5, 5.41) is 5.07. The molecule has 0 unspecified atom stereocenters. The number of rotatable bonds is 5. The van der Waals surface area contributed by atoms with Gasteiger partial charge in [-0.05, 0) is 32.0 Å². The van der Waals surface area contributed by atoms with E-state index in [-0.39, 0.29) is 23.6 Å². The molecule has 0 saturated heterocycles. The highest BCUT2D eigenvalue weighted by molar-refractivity contribution is 7.92. The zero-order valence-electron chi connectivity index (χ0n) is 12.4. The average molecular weight is 343 g/mol. The number of aromatic nitrogens is 2. The second-order valence-corrected chi connectivity index (χ2v) is 5.65. The monoisotopic (exact) mass is 342 g/mol. The minimum Gasteiger partial charge on any atom is -0.491 e. The Morgan fingerprint density at radius 2 is 2.27 bits per heavy atom. The van der Waals surface area contributed by atoms with Gasteiger partial charge in [0.2, 0.25) is 0 Å². The molecule has 0 aliphatic carbocycles. The number of fused-ring (bicyclic) bond motifs is 1. The third-order valence-corrected chi connectivity index (χ3v) is 3.51. The van der Waals surface area contributed by atoms with Crippen molar-refractivity contribution in [1.82, 2.24) is 9.19 Å². The van der Waals surface area contributed by atoms with Crippen molar-refractivity contribution < 1.29 is 8.62 Å². The Hall–Kier alpha value is -1.73. The van der Waals surface area contributed by atoms with Gasteiger partial charge in [0, 0.05) is 18.5 Å².